The van der Waals surface area contributed by atoms with Crippen molar-refractivity contribution < 1.29 is 37.6 Å². The zero-order chi connectivity index (χ0) is 41.8. The molecule has 10 heteroatoms. The van der Waals surface area contributed by atoms with Crippen LogP contribution in [0.5, 0.6) is 0 Å². The van der Waals surface area contributed by atoms with E-state index in [2.05, 4.69) is 98.9 Å². The van der Waals surface area contributed by atoms with E-state index >= 15 is 0 Å². The lowest BCUT2D eigenvalue weighted by Crippen LogP contribution is -2.29. The average molecular weight is 818 g/mol. The van der Waals surface area contributed by atoms with Crippen molar-refractivity contribution in [3.8, 4) is 0 Å². The summed E-state index contributed by atoms with van der Waals surface area (Å²) in [6, 6.07) is 0. The zero-order valence-corrected chi connectivity index (χ0v) is 36.7. The van der Waals surface area contributed by atoms with Gasteiger partial charge < -0.3 is 20.1 Å². The van der Waals surface area contributed by atoms with Crippen LogP contribution in [0, 0.1) is 0 Å². The number of rotatable bonds is 40. The zero-order valence-electron chi connectivity index (χ0n) is 35.8. The van der Waals surface area contributed by atoms with E-state index in [-0.39, 0.29) is 32.6 Å². The van der Waals surface area contributed by atoms with E-state index in [1.165, 1.54) is 44.9 Å². The molecule has 0 aromatic rings. The van der Waals surface area contributed by atoms with Crippen molar-refractivity contribution in [1.82, 2.24) is 0 Å². The highest BCUT2D eigenvalue weighted by atomic mass is 31.2. The van der Waals surface area contributed by atoms with Crippen LogP contribution in [-0.4, -0.2) is 49.3 Å². The summed E-state index contributed by atoms with van der Waals surface area (Å²) < 4.78 is 32.8. The summed E-state index contributed by atoms with van der Waals surface area (Å²) in [4.78, 5) is 34.9. The lowest BCUT2D eigenvalue weighted by molar-refractivity contribution is -0.161. The van der Waals surface area contributed by atoms with Gasteiger partial charge in [-0.05, 0) is 89.9 Å². The monoisotopic (exact) mass is 818 g/mol. The second-order valence-corrected chi connectivity index (χ2v) is 15.6. The molecule has 0 aromatic heterocycles. The van der Waals surface area contributed by atoms with Crippen LogP contribution in [-0.2, 0) is 32.7 Å². The van der Waals surface area contributed by atoms with Gasteiger partial charge in [0.2, 0.25) is 0 Å². The summed E-state index contributed by atoms with van der Waals surface area (Å²) in [5.41, 5.74) is 5.35. The summed E-state index contributed by atoms with van der Waals surface area (Å²) in [5, 5.41) is 0. The first-order valence-corrected chi connectivity index (χ1v) is 23.6. The fourth-order valence-electron chi connectivity index (χ4n) is 5.51. The van der Waals surface area contributed by atoms with Crippen molar-refractivity contribution in [1.29, 1.82) is 0 Å². The number of phosphoric ester groups is 1. The minimum absolute atomic E-state index is 0.0419. The van der Waals surface area contributed by atoms with E-state index in [4.69, 9.17) is 24.3 Å². The molecular formula is C47H80NO8P. The van der Waals surface area contributed by atoms with E-state index < -0.39 is 32.5 Å². The minimum Gasteiger partial charge on any atom is -0.462 e. The van der Waals surface area contributed by atoms with Gasteiger partial charge in [0, 0.05) is 19.4 Å². The van der Waals surface area contributed by atoms with Crippen molar-refractivity contribution in [2.24, 2.45) is 5.73 Å². The van der Waals surface area contributed by atoms with Gasteiger partial charge in [0.25, 0.3) is 0 Å². The van der Waals surface area contributed by atoms with Crippen molar-refractivity contribution >= 4 is 19.8 Å². The summed E-state index contributed by atoms with van der Waals surface area (Å²) >= 11 is 0. The number of unbranched alkanes of at least 4 members (excludes halogenated alkanes) is 13. The summed E-state index contributed by atoms with van der Waals surface area (Å²) in [6.45, 7) is 3.53. The second-order valence-electron chi connectivity index (χ2n) is 14.2. The first kappa shape index (κ1) is 54.2. The van der Waals surface area contributed by atoms with Gasteiger partial charge in [0.15, 0.2) is 6.10 Å². The molecule has 0 aliphatic carbocycles. The molecule has 9 nitrogen and oxygen atoms in total. The number of phosphoric acid groups is 1. The molecule has 0 amide bonds. The average Bonchev–Trinajstić information content (AvgIpc) is 3.20. The first-order valence-electron chi connectivity index (χ1n) is 22.1. The standard InChI is InChI=1S/C47H80NO8P/c1-3-5-7-9-11-13-15-17-19-21-22-24-26-28-30-32-34-36-38-40-47(50)56-45(44-55-57(51,52)54-42-41-48)43-53-46(49)39-37-35-33-31-29-27-25-23-20-18-16-14-12-10-8-6-4-2/h5,7,11-14,17-20,22,24,28,30,45H,3-4,6,8-10,15-16,21,23,25-27,29,31-44,48H2,1-2H3,(H,51,52)/t45-/m1/s1. The molecular weight excluding hydrogens is 737 g/mol. The molecule has 0 heterocycles. The van der Waals surface area contributed by atoms with Crippen molar-refractivity contribution in [2.75, 3.05) is 26.4 Å². The van der Waals surface area contributed by atoms with Gasteiger partial charge in [-0.1, -0.05) is 150 Å². The second kappa shape index (κ2) is 42.8. The molecule has 0 fully saturated rings. The number of esters is 2. The molecule has 1 unspecified atom stereocenters. The lowest BCUT2D eigenvalue weighted by atomic mass is 10.1. The molecule has 0 aromatic carbocycles. The van der Waals surface area contributed by atoms with Gasteiger partial charge in [-0.25, -0.2) is 4.57 Å². The van der Waals surface area contributed by atoms with E-state index in [0.717, 1.165) is 83.5 Å². The maximum Gasteiger partial charge on any atom is 0.472 e. The number of allylic oxidation sites excluding steroid dienone is 14. The van der Waals surface area contributed by atoms with Gasteiger partial charge in [-0.3, -0.25) is 18.6 Å². The third-order valence-corrected chi connectivity index (χ3v) is 9.75. The minimum atomic E-state index is -4.39. The van der Waals surface area contributed by atoms with Gasteiger partial charge in [0.05, 0.1) is 13.2 Å². The number of hydrogen-bond donors (Lipinski definition) is 2. The van der Waals surface area contributed by atoms with Gasteiger partial charge in [-0.2, -0.15) is 0 Å². The third-order valence-electron chi connectivity index (χ3n) is 8.77. The van der Waals surface area contributed by atoms with Crippen molar-refractivity contribution in [3.63, 3.8) is 0 Å². The van der Waals surface area contributed by atoms with Gasteiger partial charge in [-0.15, -0.1) is 0 Å². The Morgan fingerprint density at radius 3 is 1.46 bits per heavy atom. The molecule has 3 N–H and O–H groups in total. The molecule has 0 aliphatic heterocycles. The van der Waals surface area contributed by atoms with E-state index in [0.29, 0.717) is 12.8 Å². The van der Waals surface area contributed by atoms with Crippen LogP contribution in [0.2, 0.25) is 0 Å². The maximum absolute atomic E-state index is 12.6. The summed E-state index contributed by atoms with van der Waals surface area (Å²) in [6.07, 6.45) is 53.2. The molecule has 0 radical (unpaired) electrons. The molecule has 0 spiro atoms. The van der Waals surface area contributed by atoms with Crippen LogP contribution in [0.3, 0.4) is 0 Å². The molecule has 0 saturated heterocycles. The Labute approximate surface area is 347 Å². The van der Waals surface area contributed by atoms with E-state index in [1.54, 1.807) is 0 Å². The van der Waals surface area contributed by atoms with Crippen molar-refractivity contribution in [3.05, 3.63) is 85.1 Å². The van der Waals surface area contributed by atoms with E-state index in [9.17, 15) is 19.0 Å². The topological polar surface area (TPSA) is 134 Å². The number of carbonyl (C=O) groups excluding carboxylic acids is 2. The fraction of sp³-hybridized carbons (Fsp3) is 0.660. The molecule has 326 valence electrons. The van der Waals surface area contributed by atoms with Crippen LogP contribution >= 0.6 is 7.82 Å². The Balaban J connectivity index is 4.25. The molecule has 2 atom stereocenters. The predicted molar refractivity (Wildman–Crippen MR) is 238 cm³/mol. The molecule has 0 aliphatic rings. The first-order chi connectivity index (χ1) is 27.8. The highest BCUT2D eigenvalue weighted by Gasteiger charge is 2.26. The Kier molecular flexibility index (Phi) is 40.7. The molecule has 0 rings (SSSR count). The third kappa shape index (κ3) is 42.6. The fourth-order valence-corrected chi connectivity index (χ4v) is 6.28. The van der Waals surface area contributed by atoms with Crippen LogP contribution in [0.4, 0.5) is 0 Å². The normalized spacial score (nSPS) is 14.1. The largest absolute Gasteiger partial charge is 0.472 e. The smallest absolute Gasteiger partial charge is 0.462 e. The van der Waals surface area contributed by atoms with E-state index in [1.807, 2.05) is 0 Å². The number of carbonyl (C=O) groups is 2. The van der Waals surface area contributed by atoms with Crippen LogP contribution in [0.25, 0.3) is 0 Å². The maximum atomic E-state index is 12.6. The van der Waals surface area contributed by atoms with Crippen LogP contribution in [0.15, 0.2) is 85.1 Å². The summed E-state index contributed by atoms with van der Waals surface area (Å²) in [5.74, 6) is -0.883. The molecule has 0 bridgehead atoms. The van der Waals surface area contributed by atoms with Crippen LogP contribution in [0.1, 0.15) is 168 Å². The number of nitrogens with two attached hydrogens (primary N) is 1. The molecule has 0 saturated carbocycles. The summed E-state index contributed by atoms with van der Waals surface area (Å²) in [7, 11) is -4.39. The highest BCUT2D eigenvalue weighted by molar-refractivity contribution is 7.47. The number of ether oxygens (including phenoxy) is 2. The quantitative estimate of drug-likeness (QED) is 0.0268. The van der Waals surface area contributed by atoms with Crippen molar-refractivity contribution in [2.45, 2.75) is 174 Å². The lowest BCUT2D eigenvalue weighted by Gasteiger charge is -2.19. The Bertz CT molecular complexity index is 1210. The van der Waals surface area contributed by atoms with Gasteiger partial charge >= 0.3 is 19.8 Å². The Hall–Kier alpha value is -2.81. The van der Waals surface area contributed by atoms with Gasteiger partial charge in [0.1, 0.15) is 6.61 Å². The number of hydrogen-bond acceptors (Lipinski definition) is 8. The van der Waals surface area contributed by atoms with Crippen LogP contribution < -0.4 is 5.73 Å². The molecule has 57 heavy (non-hydrogen) atoms. The predicted octanol–water partition coefficient (Wildman–Crippen LogP) is 12.8. The Morgan fingerprint density at radius 2 is 0.965 bits per heavy atom. The SMILES string of the molecule is CCC=CCC=CCC=CCC=CCC=CCCCCCC(=O)O[C@H](COC(=O)CCCCCCCCCC=CCC=CCCCCC)COP(=O)(O)OCCN. The highest BCUT2D eigenvalue weighted by Crippen LogP contribution is 2.43. The Morgan fingerprint density at radius 1 is 0.544 bits per heavy atom.